The van der Waals surface area contributed by atoms with Crippen LogP contribution in [0, 0.1) is 6.92 Å². The number of thiophene rings is 1. The number of benzene rings is 2. The molecule has 0 spiro atoms. The smallest absolute Gasteiger partial charge is 0.338 e. The number of esters is 1. The fourth-order valence-corrected chi connectivity index (χ4v) is 4.68. The Morgan fingerprint density at radius 2 is 1.81 bits per heavy atom. The van der Waals surface area contributed by atoms with Gasteiger partial charge in [-0.15, -0.1) is 11.3 Å². The molecule has 0 saturated carbocycles. The third-order valence-electron chi connectivity index (χ3n) is 4.68. The average Bonchev–Trinajstić information content (AvgIpc) is 3.49. The summed E-state index contributed by atoms with van der Waals surface area (Å²) in [4.78, 5) is 17.6. The van der Waals surface area contributed by atoms with E-state index >= 15 is 0 Å². The topological polar surface area (TPSA) is 103 Å². The largest absolute Gasteiger partial charge is 0.454 e. The van der Waals surface area contributed by atoms with Crippen molar-refractivity contribution < 1.29 is 22.5 Å². The Labute approximate surface area is 189 Å². The molecule has 0 saturated heterocycles. The van der Waals surface area contributed by atoms with Crippen LogP contribution in [0.2, 0.25) is 0 Å². The van der Waals surface area contributed by atoms with Gasteiger partial charge in [-0.05, 0) is 54.8 Å². The highest BCUT2D eigenvalue weighted by Crippen LogP contribution is 2.24. The molecule has 0 atom stereocenters. The Morgan fingerprint density at radius 3 is 2.47 bits per heavy atom. The van der Waals surface area contributed by atoms with Gasteiger partial charge in [0.05, 0.1) is 21.0 Å². The van der Waals surface area contributed by atoms with E-state index in [1.165, 1.54) is 30.5 Å². The minimum Gasteiger partial charge on any atom is -0.454 e. The van der Waals surface area contributed by atoms with Crippen LogP contribution < -0.4 is 4.31 Å². The number of nitrogens with zero attached hydrogens (tertiary/aromatic N) is 3. The monoisotopic (exact) mass is 469 g/mol. The summed E-state index contributed by atoms with van der Waals surface area (Å²) in [6.45, 7) is 1.75. The molecule has 0 aliphatic carbocycles. The number of aromatic nitrogens is 2. The van der Waals surface area contributed by atoms with Crippen molar-refractivity contribution >= 4 is 33.0 Å². The number of aryl methyl sites for hydroxylation is 1. The second-order valence-corrected chi connectivity index (χ2v) is 9.82. The van der Waals surface area contributed by atoms with E-state index in [-0.39, 0.29) is 22.9 Å². The number of rotatable bonds is 7. The zero-order valence-corrected chi connectivity index (χ0v) is 18.9. The van der Waals surface area contributed by atoms with Crippen LogP contribution in [-0.4, -0.2) is 31.6 Å². The van der Waals surface area contributed by atoms with Gasteiger partial charge in [0, 0.05) is 7.05 Å². The van der Waals surface area contributed by atoms with E-state index in [1.807, 2.05) is 24.4 Å². The highest BCUT2D eigenvalue weighted by Gasteiger charge is 2.21. The molecule has 2 aromatic heterocycles. The van der Waals surface area contributed by atoms with Crippen molar-refractivity contribution in [1.29, 1.82) is 0 Å². The lowest BCUT2D eigenvalue weighted by molar-refractivity contribution is 0.0459. The van der Waals surface area contributed by atoms with Crippen molar-refractivity contribution in [3.8, 4) is 10.8 Å². The predicted molar refractivity (Wildman–Crippen MR) is 120 cm³/mol. The molecule has 0 N–H and O–H groups in total. The van der Waals surface area contributed by atoms with Crippen LogP contribution >= 0.6 is 11.3 Å². The zero-order valence-electron chi connectivity index (χ0n) is 17.3. The average molecular weight is 470 g/mol. The fraction of sp³-hybridized carbons (Fsp3) is 0.136. The number of hydrogen-bond donors (Lipinski definition) is 0. The highest BCUT2D eigenvalue weighted by atomic mass is 32.2. The standard InChI is InChI=1S/C22H19N3O5S2/c1-15-5-11-18(12-6-15)32(27,28)25(2)17-9-7-16(8-10-17)22(26)29-14-20-23-21(30-24-20)19-4-3-13-31-19/h3-13H,14H2,1-2H3. The summed E-state index contributed by atoms with van der Waals surface area (Å²) in [6.07, 6.45) is 0. The number of anilines is 1. The second kappa shape index (κ2) is 8.93. The van der Waals surface area contributed by atoms with Crippen LogP contribution in [0.4, 0.5) is 5.69 Å². The van der Waals surface area contributed by atoms with Gasteiger partial charge in [0.1, 0.15) is 0 Å². The summed E-state index contributed by atoms with van der Waals surface area (Å²) >= 11 is 1.46. The number of hydrogen-bond acceptors (Lipinski definition) is 8. The van der Waals surface area contributed by atoms with Crippen molar-refractivity contribution in [3.05, 3.63) is 83.0 Å². The van der Waals surface area contributed by atoms with Gasteiger partial charge in [-0.1, -0.05) is 28.9 Å². The number of carbonyl (C=O) groups excluding carboxylic acids is 1. The van der Waals surface area contributed by atoms with Gasteiger partial charge in [-0.25, -0.2) is 13.2 Å². The molecule has 0 aliphatic rings. The van der Waals surface area contributed by atoms with Crippen LogP contribution in [0.5, 0.6) is 0 Å². The third-order valence-corrected chi connectivity index (χ3v) is 7.34. The highest BCUT2D eigenvalue weighted by molar-refractivity contribution is 7.92. The molecule has 164 valence electrons. The van der Waals surface area contributed by atoms with Gasteiger partial charge < -0.3 is 9.26 Å². The first-order chi connectivity index (χ1) is 15.3. The van der Waals surface area contributed by atoms with Crippen molar-refractivity contribution in [3.63, 3.8) is 0 Å². The fourth-order valence-electron chi connectivity index (χ4n) is 2.84. The summed E-state index contributed by atoms with van der Waals surface area (Å²) in [7, 11) is -2.25. The van der Waals surface area contributed by atoms with Crippen molar-refractivity contribution in [1.82, 2.24) is 10.1 Å². The first kappa shape index (κ1) is 21.7. The Bertz CT molecular complexity index is 1310. The third kappa shape index (κ3) is 4.56. The molecule has 32 heavy (non-hydrogen) atoms. The normalized spacial score (nSPS) is 11.3. The molecule has 0 bridgehead atoms. The lowest BCUT2D eigenvalue weighted by atomic mass is 10.2. The van der Waals surface area contributed by atoms with Crippen LogP contribution in [0.15, 0.2) is 75.5 Å². The minimum absolute atomic E-state index is 0.142. The first-order valence-corrected chi connectivity index (χ1v) is 11.9. The number of carbonyl (C=O) groups is 1. The maximum Gasteiger partial charge on any atom is 0.338 e. The Hall–Kier alpha value is -3.50. The van der Waals surface area contributed by atoms with Crippen molar-refractivity contribution in [2.24, 2.45) is 0 Å². The zero-order chi connectivity index (χ0) is 22.7. The molecule has 2 aromatic carbocycles. The molecule has 0 amide bonds. The van der Waals surface area contributed by atoms with Crippen LogP contribution in [0.3, 0.4) is 0 Å². The molecule has 0 aliphatic heterocycles. The van der Waals surface area contributed by atoms with Gasteiger partial charge >= 0.3 is 5.97 Å². The maximum absolute atomic E-state index is 12.8. The predicted octanol–water partition coefficient (Wildman–Crippen LogP) is 4.29. The van der Waals surface area contributed by atoms with Crippen LogP contribution in [-0.2, 0) is 21.4 Å². The summed E-state index contributed by atoms with van der Waals surface area (Å²) in [5, 5.41) is 5.70. The summed E-state index contributed by atoms with van der Waals surface area (Å²) in [5.74, 6) is 0.0404. The van der Waals surface area contributed by atoms with E-state index < -0.39 is 16.0 Å². The molecular weight excluding hydrogens is 450 g/mol. The lowest BCUT2D eigenvalue weighted by Crippen LogP contribution is -2.26. The number of sulfonamides is 1. The maximum atomic E-state index is 12.8. The van der Waals surface area contributed by atoms with Crippen molar-refractivity contribution in [2.45, 2.75) is 18.4 Å². The van der Waals surface area contributed by atoms with Gasteiger partial charge in [0.15, 0.2) is 6.61 Å². The quantitative estimate of drug-likeness (QED) is 0.372. The molecule has 4 aromatic rings. The van der Waals surface area contributed by atoms with E-state index in [4.69, 9.17) is 9.26 Å². The van der Waals surface area contributed by atoms with E-state index in [0.29, 0.717) is 11.6 Å². The molecule has 10 heteroatoms. The van der Waals surface area contributed by atoms with Gasteiger partial charge in [0.25, 0.3) is 15.9 Å². The van der Waals surface area contributed by atoms with Gasteiger partial charge in [0.2, 0.25) is 5.82 Å². The SMILES string of the molecule is Cc1ccc(S(=O)(=O)N(C)c2ccc(C(=O)OCc3noc(-c4cccs4)n3)cc2)cc1. The molecular formula is C22H19N3O5S2. The van der Waals surface area contributed by atoms with Crippen molar-refractivity contribution in [2.75, 3.05) is 11.4 Å². The van der Waals surface area contributed by atoms with Crippen LogP contribution in [0.1, 0.15) is 21.7 Å². The van der Waals surface area contributed by atoms with Crippen LogP contribution in [0.25, 0.3) is 10.8 Å². The van der Waals surface area contributed by atoms with E-state index in [1.54, 1.807) is 36.4 Å². The van der Waals surface area contributed by atoms with E-state index in [9.17, 15) is 13.2 Å². The van der Waals surface area contributed by atoms with E-state index in [2.05, 4.69) is 10.1 Å². The Morgan fingerprint density at radius 1 is 1.09 bits per heavy atom. The summed E-state index contributed by atoms with van der Waals surface area (Å²) < 4.78 is 37.2. The van der Waals surface area contributed by atoms with E-state index in [0.717, 1.165) is 14.7 Å². The number of ether oxygens (including phenoxy) is 1. The Kier molecular flexibility index (Phi) is 6.06. The van der Waals surface area contributed by atoms with Gasteiger partial charge in [-0.3, -0.25) is 4.31 Å². The van der Waals surface area contributed by atoms with Gasteiger partial charge in [-0.2, -0.15) is 4.98 Å². The Balaban J connectivity index is 1.40. The molecule has 0 unspecified atom stereocenters. The molecule has 0 radical (unpaired) electrons. The molecule has 4 rings (SSSR count). The summed E-state index contributed by atoms with van der Waals surface area (Å²) in [6, 6.07) is 16.4. The minimum atomic E-state index is -3.71. The molecule has 0 fully saturated rings. The lowest BCUT2D eigenvalue weighted by Gasteiger charge is -2.19. The molecule has 8 nitrogen and oxygen atoms in total. The second-order valence-electron chi connectivity index (χ2n) is 6.90. The summed E-state index contributed by atoms with van der Waals surface area (Å²) in [5.41, 5.74) is 1.66. The molecule has 2 heterocycles. The first-order valence-electron chi connectivity index (χ1n) is 9.54.